The number of aromatic amines is 1. The third-order valence-corrected chi connectivity index (χ3v) is 8.26. The highest BCUT2D eigenvalue weighted by Gasteiger charge is 2.35. The van der Waals surface area contributed by atoms with Crippen LogP contribution in [-0.4, -0.2) is 69.3 Å². The molecule has 0 saturated heterocycles. The van der Waals surface area contributed by atoms with E-state index in [4.69, 9.17) is 0 Å². The summed E-state index contributed by atoms with van der Waals surface area (Å²) in [6, 6.07) is 5.15. The van der Waals surface area contributed by atoms with Crippen molar-refractivity contribution in [3.8, 4) is 22.4 Å². The van der Waals surface area contributed by atoms with E-state index in [0.29, 0.717) is 33.9 Å². The molecule has 5 aromatic heterocycles. The molecule has 230 valence electrons. The summed E-state index contributed by atoms with van der Waals surface area (Å²) in [7, 11) is 0. The normalized spacial score (nSPS) is 15.2. The molecule has 7 N–H and O–H groups in total. The molecule has 0 spiro atoms. The van der Waals surface area contributed by atoms with Gasteiger partial charge in [0.2, 0.25) is 5.95 Å². The van der Waals surface area contributed by atoms with Gasteiger partial charge in [-0.05, 0) is 44.4 Å². The fourth-order valence-electron chi connectivity index (χ4n) is 6.42. The molecule has 6 aromatic rings. The Labute approximate surface area is 246 Å². The van der Waals surface area contributed by atoms with E-state index in [1.54, 1.807) is 12.3 Å². The standard InChI is InChI=1S/C28H29FN8O7/c1-13(2)37-18-8-7-14(9-15(18)10-31-37)20-21-23-19(36(28(42,43)44)26(38)35(23)16-5-3-4-6-16)11-30-25(21)32-22(20)17-12-34(27(39,40)41)33-24(17)29/h7-13,16,39-44H,3-6H2,1-2H3,(H,30,32). The summed E-state index contributed by atoms with van der Waals surface area (Å²) in [5.74, 6) is -1.16. The van der Waals surface area contributed by atoms with E-state index in [0.717, 1.165) is 29.9 Å². The average molecular weight is 609 g/mol. The molecular formula is C28H29FN8O7. The summed E-state index contributed by atoms with van der Waals surface area (Å²) in [6.45, 7) is 3.97. The van der Waals surface area contributed by atoms with E-state index < -0.39 is 23.8 Å². The second-order valence-corrected chi connectivity index (χ2v) is 11.5. The Hall–Kier alpha value is -4.45. The number of aliphatic hydroxyl groups is 6. The van der Waals surface area contributed by atoms with E-state index in [2.05, 4.69) is 20.2 Å². The van der Waals surface area contributed by atoms with Crippen LogP contribution >= 0.6 is 0 Å². The number of fused-ring (bicyclic) bond motifs is 4. The number of benzene rings is 1. The zero-order chi connectivity index (χ0) is 31.3. The van der Waals surface area contributed by atoms with Crippen molar-refractivity contribution >= 4 is 33.0 Å². The van der Waals surface area contributed by atoms with Crippen molar-refractivity contribution in [1.29, 1.82) is 0 Å². The Kier molecular flexibility index (Phi) is 6.13. The van der Waals surface area contributed by atoms with Crippen molar-refractivity contribution in [1.82, 2.24) is 38.7 Å². The summed E-state index contributed by atoms with van der Waals surface area (Å²) in [4.78, 5) is 21.2. The maximum absolute atomic E-state index is 15.4. The van der Waals surface area contributed by atoms with Crippen LogP contribution in [0.3, 0.4) is 0 Å². The number of imidazole rings is 1. The molecule has 1 aliphatic carbocycles. The quantitative estimate of drug-likeness (QED) is 0.135. The maximum atomic E-state index is 15.4. The summed E-state index contributed by atoms with van der Waals surface area (Å²) in [5, 5.41) is 68.7. The first-order valence-electron chi connectivity index (χ1n) is 14.0. The predicted octanol–water partition coefficient (Wildman–Crippen LogP) is 1.48. The number of nitrogens with one attached hydrogen (secondary N) is 1. The first-order valence-corrected chi connectivity index (χ1v) is 14.0. The van der Waals surface area contributed by atoms with Crippen molar-refractivity contribution in [2.75, 3.05) is 0 Å². The van der Waals surface area contributed by atoms with Crippen LogP contribution in [0.4, 0.5) is 4.39 Å². The molecule has 44 heavy (non-hydrogen) atoms. The zero-order valence-corrected chi connectivity index (χ0v) is 23.5. The number of H-pyrrole nitrogens is 1. The summed E-state index contributed by atoms with van der Waals surface area (Å²) < 4.78 is 19.3. The number of rotatable bonds is 6. The molecule has 0 aliphatic heterocycles. The Balaban J connectivity index is 1.63. The predicted molar refractivity (Wildman–Crippen MR) is 153 cm³/mol. The first-order chi connectivity index (χ1) is 20.8. The molecule has 7 rings (SSSR count). The number of hydrogen-bond acceptors (Lipinski definition) is 10. The molecule has 1 aliphatic rings. The smallest absolute Gasteiger partial charge is 0.338 e. The zero-order valence-electron chi connectivity index (χ0n) is 23.5. The fraction of sp³-hybridized carbons (Fsp3) is 0.357. The molecule has 15 nitrogen and oxygen atoms in total. The Bertz CT molecular complexity index is 2130. The van der Waals surface area contributed by atoms with Gasteiger partial charge in [-0.1, -0.05) is 18.9 Å². The largest absolute Gasteiger partial charge is 0.389 e. The van der Waals surface area contributed by atoms with E-state index in [1.807, 2.05) is 30.7 Å². The molecular weight excluding hydrogens is 579 g/mol. The Morgan fingerprint density at radius 2 is 1.75 bits per heavy atom. The monoisotopic (exact) mass is 608 g/mol. The molecule has 0 atom stereocenters. The molecule has 1 fully saturated rings. The SMILES string of the molecule is CC(C)n1ncc2cc(-c3c(-c4cn(C(O)(O)O)nc4F)[nH]c4ncc5c(c34)n(C3CCCC3)c(=O)n5C(O)(O)O)ccc21. The third kappa shape index (κ3) is 4.18. The lowest BCUT2D eigenvalue weighted by atomic mass is 9.98. The Morgan fingerprint density at radius 1 is 1.02 bits per heavy atom. The van der Waals surface area contributed by atoms with E-state index in [-0.39, 0.29) is 44.7 Å². The summed E-state index contributed by atoms with van der Waals surface area (Å²) in [5.41, 5.74) is 0.922. The summed E-state index contributed by atoms with van der Waals surface area (Å²) in [6.07, 6.45) is -0.356. The van der Waals surface area contributed by atoms with E-state index in [9.17, 15) is 35.4 Å². The van der Waals surface area contributed by atoms with E-state index >= 15 is 4.39 Å². The van der Waals surface area contributed by atoms with Crippen LogP contribution in [-0.2, 0) is 12.2 Å². The molecule has 1 saturated carbocycles. The van der Waals surface area contributed by atoms with E-state index in [1.165, 1.54) is 10.8 Å². The molecule has 16 heteroatoms. The van der Waals surface area contributed by atoms with Crippen molar-refractivity contribution < 1.29 is 35.0 Å². The minimum absolute atomic E-state index is 0.0674. The Morgan fingerprint density at radius 3 is 2.39 bits per heavy atom. The highest BCUT2D eigenvalue weighted by Crippen LogP contribution is 2.44. The van der Waals surface area contributed by atoms with Gasteiger partial charge in [0.1, 0.15) is 5.65 Å². The number of pyridine rings is 1. The number of nitrogens with zero attached hydrogens (tertiary/aromatic N) is 7. The van der Waals surface area contributed by atoms with Crippen LogP contribution in [0.1, 0.15) is 51.6 Å². The fourth-order valence-corrected chi connectivity index (χ4v) is 6.42. The van der Waals surface area contributed by atoms with Gasteiger partial charge in [-0.25, -0.2) is 14.3 Å². The van der Waals surface area contributed by atoms with Gasteiger partial charge in [0.25, 0.3) is 0 Å². The van der Waals surface area contributed by atoms with Crippen molar-refractivity contribution in [2.45, 2.75) is 63.8 Å². The van der Waals surface area contributed by atoms with Gasteiger partial charge in [-0.3, -0.25) is 9.25 Å². The van der Waals surface area contributed by atoms with Crippen molar-refractivity contribution in [3.05, 3.63) is 53.2 Å². The van der Waals surface area contributed by atoms with Crippen LogP contribution < -0.4 is 5.69 Å². The highest BCUT2D eigenvalue weighted by atomic mass is 19.1. The van der Waals surface area contributed by atoms with Gasteiger partial charge in [0.05, 0.1) is 45.6 Å². The molecule has 0 amide bonds. The van der Waals surface area contributed by atoms with Crippen LogP contribution in [0.5, 0.6) is 0 Å². The lowest BCUT2D eigenvalue weighted by Crippen LogP contribution is -2.41. The van der Waals surface area contributed by atoms with Gasteiger partial charge in [0.15, 0.2) is 0 Å². The average Bonchev–Trinajstić information content (AvgIpc) is 3.74. The lowest BCUT2D eigenvalue weighted by Gasteiger charge is -2.15. The third-order valence-electron chi connectivity index (χ3n) is 8.26. The van der Waals surface area contributed by atoms with Gasteiger partial charge >= 0.3 is 17.9 Å². The molecule has 0 bridgehead atoms. The number of halogens is 1. The molecule has 1 aromatic carbocycles. The van der Waals surface area contributed by atoms with Gasteiger partial charge in [0, 0.05) is 29.2 Å². The minimum atomic E-state index is -3.54. The van der Waals surface area contributed by atoms with Crippen LogP contribution in [0, 0.1) is 5.95 Å². The maximum Gasteiger partial charge on any atom is 0.389 e. The summed E-state index contributed by atoms with van der Waals surface area (Å²) >= 11 is 0. The highest BCUT2D eigenvalue weighted by molar-refractivity contribution is 6.14. The van der Waals surface area contributed by atoms with Crippen molar-refractivity contribution in [3.63, 3.8) is 0 Å². The van der Waals surface area contributed by atoms with Crippen LogP contribution in [0.15, 0.2) is 41.6 Å². The van der Waals surface area contributed by atoms with Gasteiger partial charge in [-0.15, -0.1) is 5.10 Å². The van der Waals surface area contributed by atoms with Gasteiger partial charge < -0.3 is 35.6 Å². The van der Waals surface area contributed by atoms with Crippen LogP contribution in [0.25, 0.3) is 55.4 Å². The lowest BCUT2D eigenvalue weighted by molar-refractivity contribution is -0.381. The first kappa shape index (κ1) is 28.3. The number of hydrogen-bond donors (Lipinski definition) is 7. The second-order valence-electron chi connectivity index (χ2n) is 11.5. The number of aromatic nitrogens is 8. The van der Waals surface area contributed by atoms with Crippen LogP contribution in [0.2, 0.25) is 0 Å². The second kappa shape index (κ2) is 9.52. The topological polar surface area (TPSA) is 213 Å². The minimum Gasteiger partial charge on any atom is -0.338 e. The van der Waals surface area contributed by atoms with Crippen molar-refractivity contribution in [2.24, 2.45) is 0 Å². The van der Waals surface area contributed by atoms with Gasteiger partial charge in [-0.2, -0.15) is 14.2 Å². The molecule has 5 heterocycles. The molecule has 0 radical (unpaired) electrons. The molecule has 0 unspecified atom stereocenters.